The zero-order valence-electron chi connectivity index (χ0n) is 11.2. The molecule has 0 unspecified atom stereocenters. The van der Waals surface area contributed by atoms with Crippen molar-refractivity contribution in [3.8, 4) is 0 Å². The third-order valence-corrected chi connectivity index (χ3v) is 3.91. The van der Waals surface area contributed by atoms with Gasteiger partial charge in [-0.1, -0.05) is 32.9 Å². The minimum Gasteiger partial charge on any atom is -0.310 e. The molecule has 2 N–H and O–H groups in total. The fourth-order valence-electron chi connectivity index (χ4n) is 1.51. The molecule has 0 heterocycles. The quantitative estimate of drug-likeness (QED) is 0.799. The predicted molar refractivity (Wildman–Crippen MR) is 76.1 cm³/mol. The van der Waals surface area contributed by atoms with E-state index < -0.39 is 10.0 Å². The van der Waals surface area contributed by atoms with Crippen LogP contribution in [0.2, 0.25) is 0 Å². The average Bonchev–Trinajstić information content (AvgIpc) is 2.27. The van der Waals surface area contributed by atoms with Crippen LogP contribution in [0.5, 0.6) is 0 Å². The first-order valence-corrected chi connectivity index (χ1v) is 7.91. The van der Waals surface area contributed by atoms with Crippen molar-refractivity contribution in [2.24, 2.45) is 0 Å². The Kier molecular flexibility index (Phi) is 5.62. The summed E-state index contributed by atoms with van der Waals surface area (Å²) in [6.07, 6.45) is 0.617. The normalized spacial score (nSPS) is 11.8. The monoisotopic (exact) mass is 270 g/mol. The van der Waals surface area contributed by atoms with E-state index in [0.29, 0.717) is 18.2 Å². The summed E-state index contributed by atoms with van der Waals surface area (Å²) < 4.78 is 25.7. The second-order valence-corrected chi connectivity index (χ2v) is 6.50. The summed E-state index contributed by atoms with van der Waals surface area (Å²) in [6, 6.07) is 7.89. The molecule has 0 saturated carbocycles. The number of hydrogen-bond donors (Lipinski definition) is 2. The molecule has 0 saturated heterocycles. The molecule has 0 fully saturated rings. The number of hydrogen-bond acceptors (Lipinski definition) is 3. The molecular formula is C13H22N2O2S. The van der Waals surface area contributed by atoms with Crippen molar-refractivity contribution in [2.75, 3.05) is 10.5 Å². The SMILES string of the molecule is CCCS(=O)(=O)Nc1ccc(CNC(C)C)cc1. The molecule has 0 amide bonds. The Morgan fingerprint density at radius 2 is 1.78 bits per heavy atom. The maximum atomic E-state index is 11.6. The Hall–Kier alpha value is -1.07. The van der Waals surface area contributed by atoms with Gasteiger partial charge >= 0.3 is 0 Å². The van der Waals surface area contributed by atoms with Crippen molar-refractivity contribution in [2.45, 2.75) is 39.8 Å². The van der Waals surface area contributed by atoms with Gasteiger partial charge in [0.15, 0.2) is 0 Å². The standard InChI is InChI=1S/C13H22N2O2S/c1-4-9-18(16,17)15-13-7-5-12(6-8-13)10-14-11(2)3/h5-8,11,14-15H,4,9-10H2,1-3H3. The molecule has 18 heavy (non-hydrogen) atoms. The molecular weight excluding hydrogens is 248 g/mol. The van der Waals surface area contributed by atoms with E-state index in [4.69, 9.17) is 0 Å². The largest absolute Gasteiger partial charge is 0.310 e. The van der Waals surface area contributed by atoms with E-state index in [2.05, 4.69) is 23.9 Å². The number of sulfonamides is 1. The van der Waals surface area contributed by atoms with E-state index in [1.165, 1.54) is 0 Å². The van der Waals surface area contributed by atoms with Crippen LogP contribution in [-0.4, -0.2) is 20.2 Å². The van der Waals surface area contributed by atoms with E-state index in [-0.39, 0.29) is 5.75 Å². The molecule has 102 valence electrons. The summed E-state index contributed by atoms with van der Waals surface area (Å²) in [6.45, 7) is 6.82. The summed E-state index contributed by atoms with van der Waals surface area (Å²) in [5.74, 6) is 0.156. The third kappa shape index (κ3) is 5.51. The Morgan fingerprint density at radius 1 is 1.17 bits per heavy atom. The first kappa shape index (κ1) is 15.0. The zero-order chi connectivity index (χ0) is 13.6. The van der Waals surface area contributed by atoms with Crippen molar-refractivity contribution in [3.63, 3.8) is 0 Å². The van der Waals surface area contributed by atoms with Gasteiger partial charge in [0.1, 0.15) is 0 Å². The van der Waals surface area contributed by atoms with Gasteiger partial charge in [-0.15, -0.1) is 0 Å². The van der Waals surface area contributed by atoms with Gasteiger partial charge in [-0.3, -0.25) is 4.72 Å². The minimum atomic E-state index is -3.19. The predicted octanol–water partition coefficient (Wildman–Crippen LogP) is 2.34. The van der Waals surface area contributed by atoms with E-state index in [1.54, 1.807) is 12.1 Å². The highest BCUT2D eigenvalue weighted by Crippen LogP contribution is 2.12. The van der Waals surface area contributed by atoms with E-state index >= 15 is 0 Å². The molecule has 0 aliphatic heterocycles. The first-order valence-electron chi connectivity index (χ1n) is 6.26. The number of rotatable bonds is 7. The minimum absolute atomic E-state index is 0.156. The van der Waals surface area contributed by atoms with Gasteiger partial charge < -0.3 is 5.32 Å². The molecule has 0 aliphatic carbocycles. The topological polar surface area (TPSA) is 58.2 Å². The third-order valence-electron chi connectivity index (χ3n) is 2.41. The van der Waals surface area contributed by atoms with Crippen LogP contribution in [0.4, 0.5) is 5.69 Å². The molecule has 1 rings (SSSR count). The van der Waals surface area contributed by atoms with Gasteiger partial charge in [0.2, 0.25) is 10.0 Å². The van der Waals surface area contributed by atoms with Crippen molar-refractivity contribution in [1.82, 2.24) is 5.32 Å². The highest BCUT2D eigenvalue weighted by molar-refractivity contribution is 7.92. The van der Waals surface area contributed by atoms with Crippen LogP contribution >= 0.6 is 0 Å². The Bertz CT molecular complexity index is 452. The summed E-state index contributed by atoms with van der Waals surface area (Å²) in [5, 5.41) is 3.31. The number of benzene rings is 1. The lowest BCUT2D eigenvalue weighted by atomic mass is 10.2. The van der Waals surface area contributed by atoms with Crippen molar-refractivity contribution < 1.29 is 8.42 Å². The molecule has 0 bridgehead atoms. The van der Waals surface area contributed by atoms with Crippen LogP contribution in [0.1, 0.15) is 32.8 Å². The van der Waals surface area contributed by atoms with Gasteiger partial charge in [-0.2, -0.15) is 0 Å². The first-order chi connectivity index (χ1) is 8.43. The molecule has 5 heteroatoms. The molecule has 0 aliphatic rings. The van der Waals surface area contributed by atoms with Crippen LogP contribution in [0.3, 0.4) is 0 Å². The summed E-state index contributed by atoms with van der Waals surface area (Å²) in [7, 11) is -3.19. The Labute approximate surface area is 110 Å². The molecule has 1 aromatic rings. The molecule has 0 atom stereocenters. The highest BCUT2D eigenvalue weighted by Gasteiger charge is 2.08. The van der Waals surface area contributed by atoms with Crippen molar-refractivity contribution in [1.29, 1.82) is 0 Å². The number of anilines is 1. The van der Waals surface area contributed by atoms with E-state index in [9.17, 15) is 8.42 Å². The van der Waals surface area contributed by atoms with Crippen molar-refractivity contribution >= 4 is 15.7 Å². The molecule has 0 spiro atoms. The maximum Gasteiger partial charge on any atom is 0.232 e. The van der Waals surface area contributed by atoms with Crippen molar-refractivity contribution in [3.05, 3.63) is 29.8 Å². The summed E-state index contributed by atoms with van der Waals surface area (Å²) in [5.41, 5.74) is 1.76. The molecule has 1 aromatic carbocycles. The smallest absolute Gasteiger partial charge is 0.232 e. The van der Waals surface area contributed by atoms with Gasteiger partial charge in [0.05, 0.1) is 5.75 Å². The summed E-state index contributed by atoms with van der Waals surface area (Å²) in [4.78, 5) is 0. The fourth-order valence-corrected chi connectivity index (χ4v) is 2.65. The lowest BCUT2D eigenvalue weighted by molar-refractivity contribution is 0.589. The van der Waals surface area contributed by atoms with Gasteiger partial charge in [0, 0.05) is 18.3 Å². The van der Waals surface area contributed by atoms with Crippen LogP contribution in [0, 0.1) is 0 Å². The second-order valence-electron chi connectivity index (χ2n) is 4.65. The lowest BCUT2D eigenvalue weighted by Gasteiger charge is -2.10. The Balaban J connectivity index is 2.60. The molecule has 0 radical (unpaired) electrons. The fraction of sp³-hybridized carbons (Fsp3) is 0.538. The van der Waals surface area contributed by atoms with Crippen LogP contribution < -0.4 is 10.0 Å². The summed E-state index contributed by atoms with van der Waals surface area (Å²) >= 11 is 0. The second kappa shape index (κ2) is 6.75. The highest BCUT2D eigenvalue weighted by atomic mass is 32.2. The lowest BCUT2D eigenvalue weighted by Crippen LogP contribution is -2.21. The average molecular weight is 270 g/mol. The molecule has 4 nitrogen and oxygen atoms in total. The van der Waals surface area contributed by atoms with Gasteiger partial charge in [-0.25, -0.2) is 8.42 Å². The Morgan fingerprint density at radius 3 is 2.28 bits per heavy atom. The number of nitrogens with one attached hydrogen (secondary N) is 2. The van der Waals surface area contributed by atoms with E-state index in [1.807, 2.05) is 19.1 Å². The molecule has 0 aromatic heterocycles. The van der Waals surface area contributed by atoms with Crippen LogP contribution in [0.15, 0.2) is 24.3 Å². The zero-order valence-corrected chi connectivity index (χ0v) is 12.0. The van der Waals surface area contributed by atoms with Gasteiger partial charge in [0.25, 0.3) is 0 Å². The van der Waals surface area contributed by atoms with Crippen LogP contribution in [0.25, 0.3) is 0 Å². The maximum absolute atomic E-state index is 11.6. The van der Waals surface area contributed by atoms with Gasteiger partial charge in [-0.05, 0) is 24.1 Å². The van der Waals surface area contributed by atoms with Crippen LogP contribution in [-0.2, 0) is 16.6 Å². The van der Waals surface area contributed by atoms with E-state index in [0.717, 1.165) is 12.1 Å².